The maximum Gasteiger partial charge on any atom is 0.513 e. The number of esters is 1. The molecule has 0 aromatic heterocycles. The molecule has 0 aliphatic rings. The van der Waals surface area contributed by atoms with Crippen LogP contribution in [0.2, 0.25) is 0 Å². The highest BCUT2D eigenvalue weighted by Crippen LogP contribution is 2.30. The molecule has 2 N–H and O–H groups in total. The predicted octanol–water partition coefficient (Wildman–Crippen LogP) is 3.46. The van der Waals surface area contributed by atoms with Crippen molar-refractivity contribution in [2.24, 2.45) is 0 Å². The second-order valence-corrected chi connectivity index (χ2v) is 7.34. The highest BCUT2D eigenvalue weighted by atomic mass is 16.7. The Hall–Kier alpha value is -3.34. The first kappa shape index (κ1) is 28.7. The summed E-state index contributed by atoms with van der Waals surface area (Å²) >= 11 is 0. The summed E-state index contributed by atoms with van der Waals surface area (Å²) in [6, 6.07) is 3.26. The predicted molar refractivity (Wildman–Crippen MR) is 120 cm³/mol. The fourth-order valence-corrected chi connectivity index (χ4v) is 2.59. The van der Waals surface area contributed by atoms with E-state index in [1.165, 1.54) is 18.2 Å². The Morgan fingerprint density at radius 2 is 1.53 bits per heavy atom. The van der Waals surface area contributed by atoms with Crippen LogP contribution in [0, 0.1) is 0 Å². The van der Waals surface area contributed by atoms with Gasteiger partial charge in [0.1, 0.15) is 12.1 Å². The fraction of sp³-hybridized carbons (Fsp3) is 0.565. The van der Waals surface area contributed by atoms with Crippen LogP contribution in [-0.2, 0) is 30.2 Å². The molecule has 1 unspecified atom stereocenters. The minimum absolute atomic E-state index is 0.00467. The summed E-state index contributed by atoms with van der Waals surface area (Å²) in [5.41, 5.74) is 0.477. The van der Waals surface area contributed by atoms with Gasteiger partial charge >= 0.3 is 24.2 Å². The van der Waals surface area contributed by atoms with E-state index in [9.17, 15) is 24.3 Å². The van der Waals surface area contributed by atoms with Crippen LogP contribution in [0.3, 0.4) is 0 Å². The van der Waals surface area contributed by atoms with Gasteiger partial charge in [0.15, 0.2) is 11.5 Å². The maximum absolute atomic E-state index is 11.9. The van der Waals surface area contributed by atoms with Crippen molar-refractivity contribution in [2.45, 2.75) is 65.5 Å². The number of carboxylic acids is 1. The van der Waals surface area contributed by atoms with E-state index in [-0.39, 0.29) is 50.1 Å². The van der Waals surface area contributed by atoms with E-state index in [0.717, 1.165) is 0 Å². The monoisotopic (exact) mass is 483 g/mol. The lowest BCUT2D eigenvalue weighted by atomic mass is 10.0. The van der Waals surface area contributed by atoms with Crippen LogP contribution in [0.1, 0.15) is 52.5 Å². The summed E-state index contributed by atoms with van der Waals surface area (Å²) in [7, 11) is 0. The van der Waals surface area contributed by atoms with E-state index in [1.807, 2.05) is 13.8 Å². The van der Waals surface area contributed by atoms with Crippen molar-refractivity contribution in [2.75, 3.05) is 19.8 Å². The Bertz CT molecular complexity index is 826. The summed E-state index contributed by atoms with van der Waals surface area (Å²) in [5, 5.41) is 12.4. The standard InChI is InChI=1S/C23H33NO10/c1-5-10-30-22(28)33-18-9-8-16(13-19(18)34-23(29)31-11-6-2)12-17(21(26)27)24-14-15(4)32-20(25)7-3/h8-9,13,15,17,24H,5-7,10-12,14H2,1-4H3,(H,26,27)/t15?,17-/m0/s1. The lowest BCUT2D eigenvalue weighted by Crippen LogP contribution is -2.42. The number of carbonyl (C=O) groups is 4. The summed E-state index contributed by atoms with van der Waals surface area (Å²) < 4.78 is 25.2. The highest BCUT2D eigenvalue weighted by molar-refractivity contribution is 5.74. The zero-order chi connectivity index (χ0) is 25.5. The molecular formula is C23H33NO10. The van der Waals surface area contributed by atoms with Gasteiger partial charge in [-0.2, -0.15) is 0 Å². The van der Waals surface area contributed by atoms with Crippen molar-refractivity contribution < 1.29 is 48.0 Å². The first-order chi connectivity index (χ1) is 16.2. The van der Waals surface area contributed by atoms with Gasteiger partial charge in [-0.05, 0) is 43.9 Å². The topological polar surface area (TPSA) is 147 Å². The molecule has 0 saturated heterocycles. The van der Waals surface area contributed by atoms with Crippen LogP contribution in [0.5, 0.6) is 11.5 Å². The normalized spacial score (nSPS) is 12.2. The van der Waals surface area contributed by atoms with Crippen molar-refractivity contribution in [3.63, 3.8) is 0 Å². The van der Waals surface area contributed by atoms with Gasteiger partial charge < -0.3 is 34.1 Å². The van der Waals surface area contributed by atoms with Crippen molar-refractivity contribution in [3.8, 4) is 11.5 Å². The minimum Gasteiger partial charge on any atom is -0.480 e. The molecule has 0 amide bonds. The number of hydrogen-bond donors (Lipinski definition) is 2. The molecule has 0 heterocycles. The van der Waals surface area contributed by atoms with E-state index in [1.54, 1.807) is 13.8 Å². The highest BCUT2D eigenvalue weighted by Gasteiger charge is 2.22. The number of carboxylic acid groups (broad SMARTS) is 1. The average molecular weight is 484 g/mol. The zero-order valence-corrected chi connectivity index (χ0v) is 20.0. The van der Waals surface area contributed by atoms with Crippen LogP contribution in [0.25, 0.3) is 0 Å². The Labute approximate surface area is 198 Å². The summed E-state index contributed by atoms with van der Waals surface area (Å²) in [6.07, 6.45) is -1.08. The molecule has 0 saturated carbocycles. The first-order valence-electron chi connectivity index (χ1n) is 11.2. The molecule has 1 aromatic carbocycles. The van der Waals surface area contributed by atoms with Gasteiger partial charge in [0, 0.05) is 13.0 Å². The van der Waals surface area contributed by atoms with Crippen molar-refractivity contribution >= 4 is 24.2 Å². The van der Waals surface area contributed by atoms with Crippen LogP contribution in [0.15, 0.2) is 18.2 Å². The molecule has 0 radical (unpaired) electrons. The van der Waals surface area contributed by atoms with E-state index in [4.69, 9.17) is 23.7 Å². The number of rotatable bonds is 14. The van der Waals surface area contributed by atoms with Gasteiger partial charge in [-0.1, -0.05) is 26.8 Å². The second kappa shape index (κ2) is 15.5. The number of carbonyl (C=O) groups excluding carboxylic acids is 3. The van der Waals surface area contributed by atoms with E-state index in [2.05, 4.69) is 5.32 Å². The molecule has 2 atom stereocenters. The molecule has 34 heavy (non-hydrogen) atoms. The van der Waals surface area contributed by atoms with Gasteiger partial charge in [-0.15, -0.1) is 0 Å². The van der Waals surface area contributed by atoms with Gasteiger partial charge in [-0.25, -0.2) is 9.59 Å². The number of nitrogens with one attached hydrogen (secondary N) is 1. The van der Waals surface area contributed by atoms with Crippen molar-refractivity contribution in [3.05, 3.63) is 23.8 Å². The first-order valence-corrected chi connectivity index (χ1v) is 11.2. The second-order valence-electron chi connectivity index (χ2n) is 7.34. The van der Waals surface area contributed by atoms with E-state index >= 15 is 0 Å². The fourth-order valence-electron chi connectivity index (χ4n) is 2.59. The summed E-state index contributed by atoms with van der Waals surface area (Å²) in [4.78, 5) is 46.9. The maximum atomic E-state index is 11.9. The Balaban J connectivity index is 2.98. The van der Waals surface area contributed by atoms with Crippen LogP contribution >= 0.6 is 0 Å². The molecule has 190 valence electrons. The molecule has 0 spiro atoms. The molecule has 1 aromatic rings. The third-order valence-electron chi connectivity index (χ3n) is 4.25. The smallest absolute Gasteiger partial charge is 0.480 e. The van der Waals surface area contributed by atoms with Crippen molar-refractivity contribution in [1.82, 2.24) is 5.32 Å². The number of aliphatic carboxylic acids is 1. The molecule has 1 rings (SSSR count). The SMILES string of the molecule is CCCOC(=O)Oc1ccc(C[C@H](NCC(C)OC(=O)CC)C(=O)O)cc1OC(=O)OCCC. The number of hydrogen-bond acceptors (Lipinski definition) is 10. The molecule has 0 aliphatic heterocycles. The quantitative estimate of drug-likeness (QED) is 0.228. The molecule has 0 aliphatic carbocycles. The van der Waals surface area contributed by atoms with Crippen molar-refractivity contribution in [1.29, 1.82) is 0 Å². The third kappa shape index (κ3) is 11.0. The van der Waals surface area contributed by atoms with Gasteiger partial charge in [-0.3, -0.25) is 9.59 Å². The van der Waals surface area contributed by atoms with Gasteiger partial charge in [0.05, 0.1) is 13.2 Å². The van der Waals surface area contributed by atoms with Gasteiger partial charge in [0.2, 0.25) is 0 Å². The molecule has 11 nitrogen and oxygen atoms in total. The number of benzene rings is 1. The summed E-state index contributed by atoms with van der Waals surface area (Å²) in [5.74, 6) is -1.71. The summed E-state index contributed by atoms with van der Waals surface area (Å²) in [6.45, 7) is 7.37. The largest absolute Gasteiger partial charge is 0.513 e. The lowest BCUT2D eigenvalue weighted by molar-refractivity contribution is -0.147. The van der Waals surface area contributed by atoms with Crippen LogP contribution in [-0.4, -0.2) is 61.3 Å². The van der Waals surface area contributed by atoms with Crippen LogP contribution < -0.4 is 14.8 Å². The Kier molecular flexibility index (Phi) is 13.1. The molecule has 11 heteroatoms. The minimum atomic E-state index is -1.12. The Morgan fingerprint density at radius 3 is 2.06 bits per heavy atom. The van der Waals surface area contributed by atoms with E-state index < -0.39 is 30.4 Å². The number of ether oxygens (including phenoxy) is 5. The zero-order valence-electron chi connectivity index (χ0n) is 20.0. The Morgan fingerprint density at radius 1 is 0.941 bits per heavy atom. The average Bonchev–Trinajstić information content (AvgIpc) is 2.80. The molecule has 0 fully saturated rings. The van der Waals surface area contributed by atoms with Gasteiger partial charge in [0.25, 0.3) is 0 Å². The lowest BCUT2D eigenvalue weighted by Gasteiger charge is -2.19. The van der Waals surface area contributed by atoms with E-state index in [0.29, 0.717) is 18.4 Å². The third-order valence-corrected chi connectivity index (χ3v) is 4.25. The molecule has 0 bridgehead atoms. The molecular weight excluding hydrogens is 450 g/mol. The van der Waals surface area contributed by atoms with Crippen LogP contribution in [0.4, 0.5) is 9.59 Å².